The van der Waals surface area contributed by atoms with E-state index in [1.807, 2.05) is 24.7 Å². The van der Waals surface area contributed by atoms with Gasteiger partial charge in [-0.1, -0.05) is 24.6 Å². The molecule has 3 aromatic rings. The lowest BCUT2D eigenvalue weighted by molar-refractivity contribution is -0.105. The van der Waals surface area contributed by atoms with E-state index >= 15 is 0 Å². The Bertz CT molecular complexity index is 997. The summed E-state index contributed by atoms with van der Waals surface area (Å²) in [6.45, 7) is 5.79. The molecule has 7 nitrogen and oxygen atoms in total. The molecule has 172 valence electrons. The molecule has 10 heteroatoms. The van der Waals surface area contributed by atoms with Crippen LogP contribution in [0.25, 0.3) is 5.69 Å². The fourth-order valence-electron chi connectivity index (χ4n) is 2.44. The van der Waals surface area contributed by atoms with Crippen LogP contribution in [-0.2, 0) is 9.53 Å². The number of ether oxygens (including phenoxy) is 1. The molecule has 1 amide bonds. The van der Waals surface area contributed by atoms with Gasteiger partial charge in [0, 0.05) is 18.3 Å². The first kappa shape index (κ1) is 25.5. The number of Topliss-reactive ketones (excluding diaryl/α,β-unsaturated/α-hetero) is 1. The van der Waals surface area contributed by atoms with Crippen molar-refractivity contribution in [3.05, 3.63) is 57.8 Å². The van der Waals surface area contributed by atoms with Gasteiger partial charge >= 0.3 is 0 Å². The number of carbonyl (C=O) groups excluding carboxylic acids is 2. The van der Waals surface area contributed by atoms with Crippen LogP contribution in [0.1, 0.15) is 29.9 Å². The first-order valence-electron chi connectivity index (χ1n) is 9.93. The van der Waals surface area contributed by atoms with Crippen LogP contribution in [0.5, 0.6) is 0 Å². The van der Waals surface area contributed by atoms with E-state index in [-0.39, 0.29) is 16.5 Å². The van der Waals surface area contributed by atoms with Crippen molar-refractivity contribution in [1.82, 2.24) is 9.78 Å². The van der Waals surface area contributed by atoms with E-state index in [2.05, 4.69) is 22.7 Å². The molecule has 0 spiro atoms. The highest BCUT2D eigenvalue weighted by atomic mass is 35.5. The summed E-state index contributed by atoms with van der Waals surface area (Å²) >= 11 is 6.99. The van der Waals surface area contributed by atoms with Crippen molar-refractivity contribution in [2.75, 3.05) is 30.9 Å². The minimum atomic E-state index is -0.537. The number of rotatable bonds is 6. The van der Waals surface area contributed by atoms with Crippen molar-refractivity contribution in [3.63, 3.8) is 0 Å². The SMILES string of the molecule is CCC1COC1.CNc1cnn(-c2csc(C(C)=O)c2)c1.O=CNc1c(F)cccc1Cl. The predicted octanol–water partition coefficient (Wildman–Crippen LogP) is 5.27. The molecule has 0 saturated carbocycles. The van der Waals surface area contributed by atoms with Crippen LogP contribution in [0.2, 0.25) is 5.02 Å². The molecule has 1 aliphatic rings. The third-order valence-electron chi connectivity index (χ3n) is 4.52. The van der Waals surface area contributed by atoms with Gasteiger partial charge in [0.1, 0.15) is 5.82 Å². The molecule has 0 unspecified atom stereocenters. The molecular weight excluding hydrogens is 455 g/mol. The molecule has 0 radical (unpaired) electrons. The molecule has 32 heavy (non-hydrogen) atoms. The third-order valence-corrected chi connectivity index (χ3v) is 5.85. The van der Waals surface area contributed by atoms with Crippen LogP contribution >= 0.6 is 22.9 Å². The average molecular weight is 481 g/mol. The van der Waals surface area contributed by atoms with E-state index in [9.17, 15) is 14.0 Å². The molecule has 0 aliphatic carbocycles. The lowest BCUT2D eigenvalue weighted by Gasteiger charge is -2.23. The summed E-state index contributed by atoms with van der Waals surface area (Å²) in [6.07, 6.45) is 5.29. The summed E-state index contributed by atoms with van der Waals surface area (Å²) in [4.78, 5) is 21.8. The third kappa shape index (κ3) is 7.44. The second-order valence-electron chi connectivity index (χ2n) is 6.82. The molecule has 0 bridgehead atoms. The van der Waals surface area contributed by atoms with Crippen molar-refractivity contribution in [2.45, 2.75) is 20.3 Å². The number of halogens is 2. The maximum atomic E-state index is 12.7. The molecule has 2 N–H and O–H groups in total. The van der Waals surface area contributed by atoms with Gasteiger partial charge in [-0.05, 0) is 31.5 Å². The van der Waals surface area contributed by atoms with Gasteiger partial charge in [-0.2, -0.15) is 5.10 Å². The van der Waals surface area contributed by atoms with Crippen molar-refractivity contribution >= 4 is 46.5 Å². The number of nitrogens with one attached hydrogen (secondary N) is 2. The maximum Gasteiger partial charge on any atom is 0.211 e. The topological polar surface area (TPSA) is 85.2 Å². The lowest BCUT2D eigenvalue weighted by Crippen LogP contribution is -2.26. The highest BCUT2D eigenvalue weighted by molar-refractivity contribution is 7.12. The summed E-state index contributed by atoms with van der Waals surface area (Å²) in [5.74, 6) is 0.446. The number of anilines is 2. The number of benzene rings is 1. The second kappa shape index (κ2) is 12.9. The summed E-state index contributed by atoms with van der Waals surface area (Å²) in [5.41, 5.74) is 1.89. The molecule has 1 fully saturated rings. The van der Waals surface area contributed by atoms with Gasteiger partial charge in [0.05, 0.1) is 52.6 Å². The van der Waals surface area contributed by atoms with Crippen molar-refractivity contribution < 1.29 is 18.7 Å². The van der Waals surface area contributed by atoms with Crippen LogP contribution in [0.15, 0.2) is 42.0 Å². The quantitative estimate of drug-likeness (QED) is 0.371. The van der Waals surface area contributed by atoms with E-state index in [0.29, 0.717) is 6.41 Å². The Balaban J connectivity index is 0.000000187. The Morgan fingerprint density at radius 2 is 2.19 bits per heavy atom. The number of nitrogens with zero attached hydrogens (tertiary/aromatic N) is 2. The fourth-order valence-corrected chi connectivity index (χ4v) is 3.43. The van der Waals surface area contributed by atoms with Crippen LogP contribution in [0, 0.1) is 11.7 Å². The maximum absolute atomic E-state index is 12.7. The van der Waals surface area contributed by atoms with E-state index < -0.39 is 5.82 Å². The number of hydrogen-bond donors (Lipinski definition) is 2. The van der Waals surface area contributed by atoms with Gasteiger partial charge in [-0.25, -0.2) is 9.07 Å². The van der Waals surface area contributed by atoms with E-state index in [4.69, 9.17) is 16.3 Å². The lowest BCUT2D eigenvalue weighted by atomic mass is 10.1. The molecule has 2 aromatic heterocycles. The Morgan fingerprint density at radius 1 is 1.44 bits per heavy atom. The number of aromatic nitrogens is 2. The first-order valence-corrected chi connectivity index (χ1v) is 11.2. The zero-order valence-corrected chi connectivity index (χ0v) is 19.7. The number of hydrogen-bond acceptors (Lipinski definition) is 6. The van der Waals surface area contributed by atoms with Gasteiger partial charge in [-0.15, -0.1) is 11.3 Å². The normalized spacial score (nSPS) is 12.4. The standard InChI is InChI=1S/C10H11N3OS.C7H5ClFNO.C5H10O/c1-7(14)10-3-9(6-15-10)13-5-8(11-2)4-12-13;8-5-2-1-3-6(9)7(5)10-4-11;1-2-5-3-6-4-5/h3-6,11H,1-2H3;1-4H,(H,10,11);5H,2-4H2,1H3. The highest BCUT2D eigenvalue weighted by Gasteiger charge is 2.14. The van der Waals surface area contributed by atoms with Crippen molar-refractivity contribution in [2.24, 2.45) is 5.92 Å². The molecule has 1 aliphatic heterocycles. The molecule has 1 saturated heterocycles. The highest BCUT2D eigenvalue weighted by Crippen LogP contribution is 2.23. The molecule has 1 aromatic carbocycles. The van der Waals surface area contributed by atoms with E-state index in [0.717, 1.165) is 35.4 Å². The summed E-state index contributed by atoms with van der Waals surface area (Å²) in [5, 5.41) is 11.4. The molecule has 3 heterocycles. The molecular formula is C22H26ClFN4O3S. The predicted molar refractivity (Wildman–Crippen MR) is 127 cm³/mol. The second-order valence-corrected chi connectivity index (χ2v) is 8.14. The van der Waals surface area contributed by atoms with Gasteiger partial charge in [0.2, 0.25) is 6.41 Å². The van der Waals surface area contributed by atoms with Crippen LogP contribution in [0.3, 0.4) is 0 Å². The Morgan fingerprint density at radius 3 is 2.62 bits per heavy atom. The zero-order chi connectivity index (χ0) is 23.5. The van der Waals surface area contributed by atoms with Crippen LogP contribution in [-0.4, -0.2) is 42.2 Å². The Kier molecular flexibility index (Phi) is 10.3. The number of carbonyl (C=O) groups is 2. The number of ketones is 1. The molecule has 0 atom stereocenters. The van der Waals surface area contributed by atoms with Crippen LogP contribution < -0.4 is 10.6 Å². The Hall–Kier alpha value is -2.75. The zero-order valence-electron chi connectivity index (χ0n) is 18.1. The summed E-state index contributed by atoms with van der Waals surface area (Å²) in [7, 11) is 1.84. The fraction of sp³-hybridized carbons (Fsp3) is 0.318. The number of para-hydroxylation sites is 1. The summed E-state index contributed by atoms with van der Waals surface area (Å²) in [6, 6.07) is 6.03. The van der Waals surface area contributed by atoms with Gasteiger partial charge in [0.25, 0.3) is 0 Å². The van der Waals surface area contributed by atoms with Gasteiger partial charge < -0.3 is 15.4 Å². The minimum Gasteiger partial charge on any atom is -0.386 e. The van der Waals surface area contributed by atoms with E-state index in [1.54, 1.807) is 17.8 Å². The van der Waals surface area contributed by atoms with Gasteiger partial charge in [0.15, 0.2) is 5.78 Å². The van der Waals surface area contributed by atoms with Crippen molar-refractivity contribution in [1.29, 1.82) is 0 Å². The minimum absolute atomic E-state index is 0.0177. The molecule has 4 rings (SSSR count). The largest absolute Gasteiger partial charge is 0.386 e. The smallest absolute Gasteiger partial charge is 0.211 e. The van der Waals surface area contributed by atoms with Crippen LogP contribution in [0.4, 0.5) is 15.8 Å². The Labute approximate surface area is 195 Å². The van der Waals surface area contributed by atoms with E-state index in [1.165, 1.54) is 36.0 Å². The average Bonchev–Trinajstić information content (AvgIpc) is 3.40. The number of thiophene rings is 1. The first-order chi connectivity index (χ1) is 15.4. The van der Waals surface area contributed by atoms with Crippen molar-refractivity contribution in [3.8, 4) is 5.69 Å². The van der Waals surface area contributed by atoms with Gasteiger partial charge in [-0.3, -0.25) is 9.59 Å². The number of amides is 1. The monoisotopic (exact) mass is 480 g/mol. The summed E-state index contributed by atoms with van der Waals surface area (Å²) < 4.78 is 19.4.